The number of halogens is 2. The minimum atomic E-state index is -1.04. The summed E-state index contributed by atoms with van der Waals surface area (Å²) in [5.41, 5.74) is 0.860. The third-order valence-electron chi connectivity index (χ3n) is 2.65. The van der Waals surface area contributed by atoms with Crippen molar-refractivity contribution in [3.63, 3.8) is 0 Å². The van der Waals surface area contributed by atoms with E-state index in [2.05, 4.69) is 17.2 Å². The summed E-state index contributed by atoms with van der Waals surface area (Å²) in [5, 5.41) is 11.2. The highest BCUT2D eigenvalue weighted by molar-refractivity contribution is 6.05. The average molecular weight is 287 g/mol. The summed E-state index contributed by atoms with van der Waals surface area (Å²) in [4.78, 5) is 12.1. The molecule has 2 aromatic rings. The van der Waals surface area contributed by atoms with Crippen LogP contribution in [0.1, 0.15) is 15.9 Å². The van der Waals surface area contributed by atoms with Crippen LogP contribution in [-0.4, -0.2) is 17.6 Å². The van der Waals surface area contributed by atoms with Gasteiger partial charge in [0.05, 0.1) is 5.56 Å². The third-order valence-corrected chi connectivity index (χ3v) is 2.65. The van der Waals surface area contributed by atoms with Gasteiger partial charge in [-0.25, -0.2) is 8.78 Å². The number of carbonyl (C=O) groups is 1. The lowest BCUT2D eigenvalue weighted by molar-refractivity contribution is 0.102. The number of rotatable bonds is 2. The second-order valence-corrected chi connectivity index (χ2v) is 4.09. The number of aliphatic hydroxyl groups excluding tert-OH is 1. The molecule has 0 saturated heterocycles. The lowest BCUT2D eigenvalue weighted by Gasteiger charge is -2.07. The van der Waals surface area contributed by atoms with E-state index >= 15 is 0 Å². The molecule has 2 aromatic carbocycles. The topological polar surface area (TPSA) is 49.3 Å². The van der Waals surface area contributed by atoms with Crippen molar-refractivity contribution in [1.29, 1.82) is 0 Å². The van der Waals surface area contributed by atoms with Crippen LogP contribution in [0.2, 0.25) is 0 Å². The SMILES string of the molecule is O=C(Nc1ccc(F)c(F)c1)c1ccccc1C#CCO. The van der Waals surface area contributed by atoms with Gasteiger partial charge in [0.15, 0.2) is 11.6 Å². The zero-order valence-corrected chi connectivity index (χ0v) is 10.9. The number of aliphatic hydroxyl groups is 1. The van der Waals surface area contributed by atoms with Crippen molar-refractivity contribution in [3.05, 3.63) is 65.2 Å². The van der Waals surface area contributed by atoms with Gasteiger partial charge in [0.2, 0.25) is 0 Å². The maximum atomic E-state index is 13.1. The molecule has 0 fully saturated rings. The smallest absolute Gasteiger partial charge is 0.256 e. The molecule has 0 aliphatic carbocycles. The van der Waals surface area contributed by atoms with Crippen LogP contribution in [0, 0.1) is 23.5 Å². The summed E-state index contributed by atoms with van der Waals surface area (Å²) in [6.07, 6.45) is 0. The summed E-state index contributed by atoms with van der Waals surface area (Å²) in [6, 6.07) is 9.63. The Morgan fingerprint density at radius 1 is 1.14 bits per heavy atom. The molecule has 21 heavy (non-hydrogen) atoms. The van der Waals surface area contributed by atoms with Crippen LogP contribution >= 0.6 is 0 Å². The van der Waals surface area contributed by atoms with Crippen LogP contribution in [0.4, 0.5) is 14.5 Å². The summed E-state index contributed by atoms with van der Waals surface area (Å²) in [5.74, 6) is 2.59. The number of benzene rings is 2. The molecule has 2 N–H and O–H groups in total. The van der Waals surface area contributed by atoms with Crippen molar-refractivity contribution in [2.45, 2.75) is 0 Å². The molecule has 0 aromatic heterocycles. The standard InChI is InChI=1S/C16H11F2NO2/c17-14-8-7-12(10-15(14)18)19-16(21)13-6-2-1-4-11(13)5-3-9-20/h1-2,4,6-8,10,20H,9H2,(H,19,21). The number of amides is 1. The Morgan fingerprint density at radius 3 is 2.62 bits per heavy atom. The van der Waals surface area contributed by atoms with Gasteiger partial charge in [-0.05, 0) is 24.3 Å². The predicted molar refractivity (Wildman–Crippen MR) is 74.7 cm³/mol. The normalized spacial score (nSPS) is 9.67. The van der Waals surface area contributed by atoms with Gasteiger partial charge in [0.25, 0.3) is 5.91 Å². The molecule has 0 radical (unpaired) electrons. The minimum Gasteiger partial charge on any atom is -0.384 e. The van der Waals surface area contributed by atoms with E-state index in [1.54, 1.807) is 24.3 Å². The monoisotopic (exact) mass is 287 g/mol. The molecule has 0 spiro atoms. The highest BCUT2D eigenvalue weighted by Crippen LogP contribution is 2.15. The van der Waals surface area contributed by atoms with E-state index in [9.17, 15) is 13.6 Å². The quantitative estimate of drug-likeness (QED) is 0.834. The van der Waals surface area contributed by atoms with Crippen LogP contribution in [0.5, 0.6) is 0 Å². The zero-order valence-electron chi connectivity index (χ0n) is 10.9. The van der Waals surface area contributed by atoms with Gasteiger partial charge in [-0.1, -0.05) is 24.0 Å². The van der Waals surface area contributed by atoms with Crippen molar-refractivity contribution >= 4 is 11.6 Å². The predicted octanol–water partition coefficient (Wildman–Crippen LogP) is 2.56. The Morgan fingerprint density at radius 2 is 1.90 bits per heavy atom. The molecule has 0 heterocycles. The first-order chi connectivity index (χ1) is 10.1. The molecular weight excluding hydrogens is 276 g/mol. The van der Waals surface area contributed by atoms with E-state index in [1.165, 1.54) is 6.07 Å². The molecule has 0 unspecified atom stereocenters. The lowest BCUT2D eigenvalue weighted by atomic mass is 10.1. The van der Waals surface area contributed by atoms with Crippen LogP contribution in [-0.2, 0) is 0 Å². The highest BCUT2D eigenvalue weighted by atomic mass is 19.2. The first-order valence-electron chi connectivity index (χ1n) is 6.07. The third kappa shape index (κ3) is 3.65. The number of hydrogen-bond acceptors (Lipinski definition) is 2. The summed E-state index contributed by atoms with van der Waals surface area (Å²) >= 11 is 0. The molecule has 2 rings (SSSR count). The van der Waals surface area contributed by atoms with Crippen LogP contribution in [0.25, 0.3) is 0 Å². The van der Waals surface area contributed by atoms with E-state index < -0.39 is 17.5 Å². The van der Waals surface area contributed by atoms with Gasteiger partial charge in [0.1, 0.15) is 6.61 Å². The zero-order chi connectivity index (χ0) is 15.2. The van der Waals surface area contributed by atoms with Crippen molar-refractivity contribution in [1.82, 2.24) is 0 Å². The fourth-order valence-corrected chi connectivity index (χ4v) is 1.70. The maximum Gasteiger partial charge on any atom is 0.256 e. The van der Waals surface area contributed by atoms with Crippen molar-refractivity contribution in [2.24, 2.45) is 0 Å². The molecule has 3 nitrogen and oxygen atoms in total. The fraction of sp³-hybridized carbons (Fsp3) is 0.0625. The molecule has 0 aliphatic heterocycles. The molecule has 0 atom stereocenters. The van der Waals surface area contributed by atoms with E-state index in [0.29, 0.717) is 5.56 Å². The van der Waals surface area contributed by atoms with E-state index in [1.807, 2.05) is 0 Å². The first-order valence-corrected chi connectivity index (χ1v) is 6.07. The number of carbonyl (C=O) groups excluding carboxylic acids is 1. The molecule has 1 amide bonds. The molecular formula is C16H11F2NO2. The van der Waals surface area contributed by atoms with Gasteiger partial charge in [-0.15, -0.1) is 0 Å². The molecule has 5 heteroatoms. The van der Waals surface area contributed by atoms with E-state index in [4.69, 9.17) is 5.11 Å². The maximum absolute atomic E-state index is 13.1. The molecule has 0 saturated carbocycles. The van der Waals surface area contributed by atoms with Gasteiger partial charge in [0, 0.05) is 17.3 Å². The Bertz CT molecular complexity index is 733. The number of hydrogen-bond donors (Lipinski definition) is 2. The van der Waals surface area contributed by atoms with Gasteiger partial charge < -0.3 is 10.4 Å². The van der Waals surface area contributed by atoms with Crippen LogP contribution in [0.15, 0.2) is 42.5 Å². The van der Waals surface area contributed by atoms with Crippen molar-refractivity contribution in [2.75, 3.05) is 11.9 Å². The van der Waals surface area contributed by atoms with E-state index in [0.717, 1.165) is 12.1 Å². The first kappa shape index (κ1) is 14.7. The second-order valence-electron chi connectivity index (χ2n) is 4.09. The molecule has 0 bridgehead atoms. The fourth-order valence-electron chi connectivity index (χ4n) is 1.70. The van der Waals surface area contributed by atoms with Gasteiger partial charge in [-0.2, -0.15) is 0 Å². The lowest BCUT2D eigenvalue weighted by Crippen LogP contribution is -2.13. The Kier molecular flexibility index (Phi) is 4.64. The summed E-state index contributed by atoms with van der Waals surface area (Å²) < 4.78 is 25.9. The second kappa shape index (κ2) is 6.64. The number of anilines is 1. The molecule has 106 valence electrons. The highest BCUT2D eigenvalue weighted by Gasteiger charge is 2.11. The summed E-state index contributed by atoms with van der Waals surface area (Å²) in [6.45, 7) is -0.320. The minimum absolute atomic E-state index is 0.142. The van der Waals surface area contributed by atoms with Gasteiger partial charge in [-0.3, -0.25) is 4.79 Å². The Labute approximate surface area is 120 Å². The van der Waals surface area contributed by atoms with Gasteiger partial charge >= 0.3 is 0 Å². The Hall–Kier alpha value is -2.71. The summed E-state index contributed by atoms with van der Waals surface area (Å²) in [7, 11) is 0. The van der Waals surface area contributed by atoms with Crippen molar-refractivity contribution in [3.8, 4) is 11.8 Å². The van der Waals surface area contributed by atoms with E-state index in [-0.39, 0.29) is 17.9 Å². The number of nitrogens with one attached hydrogen (secondary N) is 1. The largest absolute Gasteiger partial charge is 0.384 e. The van der Waals surface area contributed by atoms with Crippen molar-refractivity contribution < 1.29 is 18.7 Å². The Balaban J connectivity index is 2.26. The average Bonchev–Trinajstić information content (AvgIpc) is 2.49. The van der Waals surface area contributed by atoms with Crippen LogP contribution < -0.4 is 5.32 Å². The van der Waals surface area contributed by atoms with Crippen LogP contribution in [0.3, 0.4) is 0 Å². The molecule has 0 aliphatic rings.